The van der Waals surface area contributed by atoms with Crippen LogP contribution in [0.2, 0.25) is 0 Å². The minimum atomic E-state index is -0.0978. The Morgan fingerprint density at radius 2 is 1.79 bits per heavy atom. The quantitative estimate of drug-likeness (QED) is 0.677. The first-order chi connectivity index (χ1) is 9.29. The molecule has 0 fully saturated rings. The summed E-state index contributed by atoms with van der Waals surface area (Å²) in [5.74, 6) is 6.59. The molecule has 1 N–H and O–H groups in total. The second-order valence-corrected chi connectivity index (χ2v) is 5.27. The number of thioether (sulfide) groups is 1. The van der Waals surface area contributed by atoms with Gasteiger partial charge >= 0.3 is 0 Å². The summed E-state index contributed by atoms with van der Waals surface area (Å²) in [6, 6.07) is 16.6. The Bertz CT molecular complexity index is 591. The average Bonchev–Trinajstić information content (AvgIpc) is 2.45. The van der Waals surface area contributed by atoms with Crippen molar-refractivity contribution >= 4 is 11.8 Å². The van der Waals surface area contributed by atoms with Crippen LogP contribution in [0.4, 0.5) is 0 Å². The summed E-state index contributed by atoms with van der Waals surface area (Å²) in [6.45, 7) is 1.99. The third kappa shape index (κ3) is 4.17. The van der Waals surface area contributed by atoms with E-state index in [0.717, 1.165) is 11.3 Å². The van der Waals surface area contributed by atoms with Crippen LogP contribution in [0.15, 0.2) is 53.4 Å². The number of hydrogen-bond acceptors (Lipinski definition) is 2. The second kappa shape index (κ2) is 7.04. The molecule has 2 aromatic carbocycles. The van der Waals surface area contributed by atoms with Crippen molar-refractivity contribution < 1.29 is 5.11 Å². The molecule has 0 saturated carbocycles. The van der Waals surface area contributed by atoms with E-state index >= 15 is 0 Å². The topological polar surface area (TPSA) is 20.2 Å². The molecule has 0 aliphatic rings. The summed E-state index contributed by atoms with van der Waals surface area (Å²) in [5.41, 5.74) is 3.48. The monoisotopic (exact) mass is 268 g/mol. The first-order valence-electron chi connectivity index (χ1n) is 6.16. The van der Waals surface area contributed by atoms with Crippen molar-refractivity contribution in [3.63, 3.8) is 0 Å². The van der Waals surface area contributed by atoms with E-state index in [9.17, 15) is 0 Å². The molecular formula is C17H16OS. The van der Waals surface area contributed by atoms with Gasteiger partial charge in [0.25, 0.3) is 0 Å². The van der Waals surface area contributed by atoms with Crippen LogP contribution in [0.5, 0.6) is 0 Å². The van der Waals surface area contributed by atoms with E-state index in [2.05, 4.69) is 49.1 Å². The van der Waals surface area contributed by atoms with Gasteiger partial charge in [-0.2, -0.15) is 0 Å². The molecule has 0 aliphatic carbocycles. The molecule has 2 aromatic rings. The highest BCUT2D eigenvalue weighted by Gasteiger charge is 2.00. The smallest absolute Gasteiger partial charge is 0.104 e. The molecule has 0 bridgehead atoms. The molecule has 0 unspecified atom stereocenters. The van der Waals surface area contributed by atoms with E-state index in [1.807, 2.05) is 18.2 Å². The summed E-state index contributed by atoms with van der Waals surface area (Å²) in [5, 5.41) is 8.77. The van der Waals surface area contributed by atoms with Gasteiger partial charge in [-0.15, -0.1) is 11.8 Å². The lowest BCUT2D eigenvalue weighted by molar-refractivity contribution is 0.350. The molecule has 0 amide bonds. The fourth-order valence-electron chi connectivity index (χ4n) is 1.70. The summed E-state index contributed by atoms with van der Waals surface area (Å²) in [7, 11) is 0. The Kier molecular flexibility index (Phi) is 5.09. The largest absolute Gasteiger partial charge is 0.384 e. The van der Waals surface area contributed by atoms with Crippen LogP contribution in [0.25, 0.3) is 0 Å². The van der Waals surface area contributed by atoms with Crippen molar-refractivity contribution in [2.75, 3.05) is 6.61 Å². The van der Waals surface area contributed by atoms with Gasteiger partial charge in [0.1, 0.15) is 6.61 Å². The first kappa shape index (κ1) is 13.7. The molecule has 0 spiro atoms. The average molecular weight is 268 g/mol. The zero-order valence-corrected chi connectivity index (χ0v) is 11.7. The highest BCUT2D eigenvalue weighted by Crippen LogP contribution is 2.24. The predicted octanol–water partition coefficient (Wildman–Crippen LogP) is 3.63. The van der Waals surface area contributed by atoms with Gasteiger partial charge in [0.15, 0.2) is 0 Å². The Morgan fingerprint density at radius 1 is 1.05 bits per heavy atom. The number of aryl methyl sites for hydroxylation is 1. The van der Waals surface area contributed by atoms with E-state index in [0.29, 0.717) is 0 Å². The number of aliphatic hydroxyl groups is 1. The van der Waals surface area contributed by atoms with Gasteiger partial charge in [0, 0.05) is 16.2 Å². The fraction of sp³-hybridized carbons (Fsp3) is 0.176. The molecular weight excluding hydrogens is 252 g/mol. The summed E-state index contributed by atoms with van der Waals surface area (Å²) in [6.07, 6.45) is 0. The third-order valence-electron chi connectivity index (χ3n) is 2.73. The molecule has 1 nitrogen and oxygen atoms in total. The van der Waals surface area contributed by atoms with Gasteiger partial charge < -0.3 is 5.11 Å². The van der Waals surface area contributed by atoms with Crippen LogP contribution in [0.3, 0.4) is 0 Å². The Labute approximate surface area is 118 Å². The van der Waals surface area contributed by atoms with E-state index in [1.54, 1.807) is 11.8 Å². The molecule has 0 saturated heterocycles. The van der Waals surface area contributed by atoms with Gasteiger partial charge in [-0.25, -0.2) is 0 Å². The number of aliphatic hydroxyl groups excluding tert-OH is 1. The zero-order chi connectivity index (χ0) is 13.5. The highest BCUT2D eigenvalue weighted by molar-refractivity contribution is 7.98. The molecule has 0 aromatic heterocycles. The van der Waals surface area contributed by atoms with Gasteiger partial charge in [-0.05, 0) is 30.7 Å². The van der Waals surface area contributed by atoms with Crippen LogP contribution in [0.1, 0.15) is 16.7 Å². The normalized spacial score (nSPS) is 9.79. The zero-order valence-electron chi connectivity index (χ0n) is 10.9. The molecule has 19 heavy (non-hydrogen) atoms. The second-order valence-electron chi connectivity index (χ2n) is 4.22. The van der Waals surface area contributed by atoms with Crippen molar-refractivity contribution in [3.05, 3.63) is 65.2 Å². The van der Waals surface area contributed by atoms with Crippen molar-refractivity contribution in [1.29, 1.82) is 0 Å². The lowest BCUT2D eigenvalue weighted by Crippen LogP contribution is -1.87. The lowest BCUT2D eigenvalue weighted by Gasteiger charge is -2.05. The van der Waals surface area contributed by atoms with E-state index in [-0.39, 0.29) is 6.61 Å². The van der Waals surface area contributed by atoms with Crippen LogP contribution in [-0.4, -0.2) is 11.7 Å². The SMILES string of the molecule is Cc1ccc(SCc2ccccc2C#CCO)cc1. The maximum absolute atomic E-state index is 8.77. The van der Waals surface area contributed by atoms with Crippen molar-refractivity contribution in [2.24, 2.45) is 0 Å². The molecule has 96 valence electrons. The molecule has 0 radical (unpaired) electrons. The van der Waals surface area contributed by atoms with Gasteiger partial charge in [-0.3, -0.25) is 0 Å². The molecule has 0 heterocycles. The first-order valence-corrected chi connectivity index (χ1v) is 7.15. The Hall–Kier alpha value is -1.69. The van der Waals surface area contributed by atoms with Gasteiger partial charge in [0.2, 0.25) is 0 Å². The van der Waals surface area contributed by atoms with Crippen LogP contribution < -0.4 is 0 Å². The molecule has 0 atom stereocenters. The van der Waals surface area contributed by atoms with E-state index < -0.39 is 0 Å². The van der Waals surface area contributed by atoms with Gasteiger partial charge in [0.05, 0.1) is 0 Å². The number of rotatable bonds is 3. The third-order valence-corrected chi connectivity index (χ3v) is 3.80. The van der Waals surface area contributed by atoms with E-state index in [1.165, 1.54) is 16.0 Å². The fourth-order valence-corrected chi connectivity index (χ4v) is 2.60. The van der Waals surface area contributed by atoms with Crippen molar-refractivity contribution in [3.8, 4) is 11.8 Å². The highest BCUT2D eigenvalue weighted by atomic mass is 32.2. The summed E-state index contributed by atoms with van der Waals surface area (Å²) < 4.78 is 0. The van der Waals surface area contributed by atoms with Gasteiger partial charge in [-0.1, -0.05) is 47.7 Å². The Morgan fingerprint density at radius 3 is 2.53 bits per heavy atom. The molecule has 0 aliphatic heterocycles. The number of benzene rings is 2. The van der Waals surface area contributed by atoms with Crippen LogP contribution in [-0.2, 0) is 5.75 Å². The minimum absolute atomic E-state index is 0.0978. The molecule has 2 heteroatoms. The summed E-state index contributed by atoms with van der Waals surface area (Å²) in [4.78, 5) is 1.26. The lowest BCUT2D eigenvalue weighted by atomic mass is 10.1. The molecule has 2 rings (SSSR count). The van der Waals surface area contributed by atoms with Crippen LogP contribution in [0, 0.1) is 18.8 Å². The standard InChI is InChI=1S/C17H16OS/c1-14-8-10-17(11-9-14)19-13-16-6-3-2-5-15(16)7-4-12-18/h2-3,5-6,8-11,18H,12-13H2,1H3. The summed E-state index contributed by atoms with van der Waals surface area (Å²) >= 11 is 1.80. The number of hydrogen-bond donors (Lipinski definition) is 1. The minimum Gasteiger partial charge on any atom is -0.384 e. The maximum atomic E-state index is 8.77. The van der Waals surface area contributed by atoms with Crippen molar-refractivity contribution in [2.45, 2.75) is 17.6 Å². The van der Waals surface area contributed by atoms with Crippen molar-refractivity contribution in [1.82, 2.24) is 0 Å². The maximum Gasteiger partial charge on any atom is 0.104 e. The predicted molar refractivity (Wildman–Crippen MR) is 81.1 cm³/mol. The van der Waals surface area contributed by atoms with E-state index in [4.69, 9.17) is 5.11 Å². The van der Waals surface area contributed by atoms with Crippen LogP contribution >= 0.6 is 11.8 Å². The Balaban J connectivity index is 2.09.